The fraction of sp³-hybridized carbons (Fsp3) is 0.900. The predicted molar refractivity (Wildman–Crippen MR) is 132 cm³/mol. The Morgan fingerprint density at radius 3 is 2.26 bits per heavy atom. The zero-order valence-electron chi connectivity index (χ0n) is 21.9. The molecule has 0 amide bonds. The SMILES string of the molecule is CC(C)CCC[C@@H](C)[C@H]1CC[C@@]2(C)[C@@H]3CC=C4C(C)(C)C(=O)CC[C@]4(C)[C@H]3CC[C@]12C. The lowest BCUT2D eigenvalue weighted by Gasteiger charge is -2.64. The first kappa shape index (κ1) is 23.6. The molecule has 0 aromatic carbocycles. The van der Waals surface area contributed by atoms with Crippen molar-refractivity contribution in [1.29, 1.82) is 0 Å². The Balaban J connectivity index is 1.60. The van der Waals surface area contributed by atoms with Gasteiger partial charge in [0, 0.05) is 11.8 Å². The van der Waals surface area contributed by atoms with Crippen molar-refractivity contribution >= 4 is 5.78 Å². The molecule has 176 valence electrons. The highest BCUT2D eigenvalue weighted by Gasteiger charge is 2.65. The van der Waals surface area contributed by atoms with Crippen molar-refractivity contribution in [2.75, 3.05) is 0 Å². The fourth-order valence-electron chi connectivity index (χ4n) is 9.61. The summed E-state index contributed by atoms with van der Waals surface area (Å²) in [5.41, 5.74) is 2.45. The van der Waals surface area contributed by atoms with Gasteiger partial charge in [0.25, 0.3) is 0 Å². The molecular formula is C30H50O. The van der Waals surface area contributed by atoms with Crippen LogP contribution in [-0.4, -0.2) is 5.78 Å². The molecule has 3 fully saturated rings. The molecule has 3 saturated carbocycles. The van der Waals surface area contributed by atoms with E-state index < -0.39 is 0 Å². The predicted octanol–water partition coefficient (Wildman–Crippen LogP) is 8.62. The molecule has 1 heteroatoms. The van der Waals surface area contributed by atoms with Crippen molar-refractivity contribution < 1.29 is 4.79 Å². The van der Waals surface area contributed by atoms with Gasteiger partial charge >= 0.3 is 0 Å². The van der Waals surface area contributed by atoms with E-state index in [-0.39, 0.29) is 10.8 Å². The van der Waals surface area contributed by atoms with E-state index in [1.807, 2.05) is 0 Å². The molecule has 0 aromatic rings. The summed E-state index contributed by atoms with van der Waals surface area (Å²) in [6.45, 7) is 19.6. The quantitative estimate of drug-likeness (QED) is 0.402. The highest BCUT2D eigenvalue weighted by Crippen LogP contribution is 2.73. The first-order valence-corrected chi connectivity index (χ1v) is 13.6. The van der Waals surface area contributed by atoms with E-state index in [1.54, 1.807) is 0 Å². The molecular weight excluding hydrogens is 376 g/mol. The molecule has 0 saturated heterocycles. The second kappa shape index (κ2) is 7.73. The zero-order valence-corrected chi connectivity index (χ0v) is 21.9. The molecule has 7 atom stereocenters. The number of rotatable bonds is 5. The lowest BCUT2D eigenvalue weighted by Crippen LogP contribution is -2.57. The van der Waals surface area contributed by atoms with E-state index in [0.29, 0.717) is 16.6 Å². The lowest BCUT2D eigenvalue weighted by molar-refractivity contribution is -0.137. The zero-order chi connectivity index (χ0) is 22.8. The van der Waals surface area contributed by atoms with Crippen LogP contribution in [0.15, 0.2) is 11.6 Å². The minimum atomic E-state index is -0.247. The summed E-state index contributed by atoms with van der Waals surface area (Å²) in [5.74, 6) is 4.64. The topological polar surface area (TPSA) is 17.1 Å². The summed E-state index contributed by atoms with van der Waals surface area (Å²) in [6.07, 6.45) is 15.5. The Kier molecular flexibility index (Phi) is 5.88. The lowest BCUT2D eigenvalue weighted by atomic mass is 9.40. The van der Waals surface area contributed by atoms with Crippen molar-refractivity contribution in [2.45, 2.75) is 120 Å². The van der Waals surface area contributed by atoms with Crippen LogP contribution in [0.2, 0.25) is 0 Å². The van der Waals surface area contributed by atoms with E-state index in [4.69, 9.17) is 0 Å². The number of carbonyl (C=O) groups excluding carboxylic acids is 1. The largest absolute Gasteiger partial charge is 0.299 e. The summed E-state index contributed by atoms with van der Waals surface area (Å²) >= 11 is 0. The van der Waals surface area contributed by atoms with Crippen LogP contribution in [0.5, 0.6) is 0 Å². The highest BCUT2D eigenvalue weighted by atomic mass is 16.1. The Morgan fingerprint density at radius 1 is 0.903 bits per heavy atom. The molecule has 4 aliphatic carbocycles. The van der Waals surface area contributed by atoms with Crippen LogP contribution in [0, 0.1) is 51.2 Å². The fourth-order valence-corrected chi connectivity index (χ4v) is 9.61. The maximum atomic E-state index is 12.8. The summed E-state index contributed by atoms with van der Waals surface area (Å²) in [6, 6.07) is 0. The Morgan fingerprint density at radius 2 is 1.58 bits per heavy atom. The van der Waals surface area contributed by atoms with Crippen molar-refractivity contribution in [3.05, 3.63) is 11.6 Å². The Hall–Kier alpha value is -0.590. The maximum Gasteiger partial charge on any atom is 0.142 e. The van der Waals surface area contributed by atoms with Gasteiger partial charge in [0.2, 0.25) is 0 Å². The number of allylic oxidation sites excluding steroid dienone is 2. The van der Waals surface area contributed by atoms with Crippen LogP contribution in [0.1, 0.15) is 120 Å². The molecule has 1 nitrogen and oxygen atoms in total. The maximum absolute atomic E-state index is 12.8. The molecule has 4 rings (SSSR count). The van der Waals surface area contributed by atoms with Gasteiger partial charge in [-0.2, -0.15) is 0 Å². The molecule has 0 radical (unpaired) electrons. The average Bonchev–Trinajstić information content (AvgIpc) is 2.96. The number of carbonyl (C=O) groups is 1. The summed E-state index contributed by atoms with van der Waals surface area (Å²) < 4.78 is 0. The van der Waals surface area contributed by atoms with Gasteiger partial charge in [-0.05, 0) is 98.2 Å². The number of hydrogen-bond donors (Lipinski definition) is 0. The van der Waals surface area contributed by atoms with Gasteiger partial charge in [0.1, 0.15) is 5.78 Å². The number of fused-ring (bicyclic) bond motifs is 5. The van der Waals surface area contributed by atoms with Crippen LogP contribution >= 0.6 is 0 Å². The van der Waals surface area contributed by atoms with Crippen molar-refractivity contribution in [3.63, 3.8) is 0 Å². The van der Waals surface area contributed by atoms with Gasteiger partial charge in [0.05, 0.1) is 0 Å². The normalized spacial score (nSPS) is 45.0. The molecule has 0 heterocycles. The molecule has 4 aliphatic rings. The van der Waals surface area contributed by atoms with Crippen LogP contribution in [0.25, 0.3) is 0 Å². The van der Waals surface area contributed by atoms with E-state index in [2.05, 4.69) is 61.5 Å². The number of ketones is 1. The minimum absolute atomic E-state index is 0.242. The van der Waals surface area contributed by atoms with E-state index in [1.165, 1.54) is 56.9 Å². The second-order valence-electron chi connectivity index (χ2n) is 13.9. The van der Waals surface area contributed by atoms with Gasteiger partial charge in [-0.1, -0.05) is 72.5 Å². The van der Waals surface area contributed by atoms with E-state index in [9.17, 15) is 4.79 Å². The standard InChI is InChI=1S/C30H50O/c1-20(2)10-9-11-21(3)22-14-18-30(8)24-12-13-25-27(4,5)26(31)16-17-28(25,6)23(24)15-19-29(22,30)7/h13,20-24H,9-12,14-19H2,1-8H3/t21-,22-,23+,24-,28-,29-,30+/m1/s1. The molecule has 0 unspecified atom stereocenters. The van der Waals surface area contributed by atoms with Crippen molar-refractivity contribution in [3.8, 4) is 0 Å². The summed E-state index contributed by atoms with van der Waals surface area (Å²) in [7, 11) is 0. The van der Waals surface area contributed by atoms with Crippen LogP contribution in [0.4, 0.5) is 0 Å². The minimum Gasteiger partial charge on any atom is -0.299 e. The van der Waals surface area contributed by atoms with Crippen LogP contribution in [0.3, 0.4) is 0 Å². The van der Waals surface area contributed by atoms with Crippen molar-refractivity contribution in [1.82, 2.24) is 0 Å². The number of Topliss-reactive ketones (excluding diaryl/α,β-unsaturated/α-hetero) is 1. The van der Waals surface area contributed by atoms with E-state index >= 15 is 0 Å². The molecule has 31 heavy (non-hydrogen) atoms. The van der Waals surface area contributed by atoms with Gasteiger partial charge < -0.3 is 0 Å². The monoisotopic (exact) mass is 426 g/mol. The summed E-state index contributed by atoms with van der Waals surface area (Å²) in [4.78, 5) is 12.8. The number of hydrogen-bond acceptors (Lipinski definition) is 1. The van der Waals surface area contributed by atoms with Crippen LogP contribution in [-0.2, 0) is 4.79 Å². The molecule has 0 aliphatic heterocycles. The third kappa shape index (κ3) is 3.33. The van der Waals surface area contributed by atoms with Gasteiger partial charge in [-0.15, -0.1) is 0 Å². The Bertz CT molecular complexity index is 744. The third-order valence-corrected chi connectivity index (χ3v) is 11.8. The highest BCUT2D eigenvalue weighted by molar-refractivity contribution is 5.89. The van der Waals surface area contributed by atoms with E-state index in [0.717, 1.165) is 42.4 Å². The first-order chi connectivity index (χ1) is 14.4. The molecule has 0 N–H and O–H groups in total. The first-order valence-electron chi connectivity index (χ1n) is 13.6. The summed E-state index contributed by atoms with van der Waals surface area (Å²) in [5, 5.41) is 0. The van der Waals surface area contributed by atoms with Gasteiger partial charge in [0.15, 0.2) is 0 Å². The van der Waals surface area contributed by atoms with Crippen molar-refractivity contribution in [2.24, 2.45) is 51.2 Å². The van der Waals surface area contributed by atoms with Gasteiger partial charge in [-0.25, -0.2) is 0 Å². The molecule has 0 spiro atoms. The average molecular weight is 427 g/mol. The second-order valence-corrected chi connectivity index (χ2v) is 13.9. The third-order valence-electron chi connectivity index (χ3n) is 11.8. The van der Waals surface area contributed by atoms with Gasteiger partial charge in [-0.3, -0.25) is 4.79 Å². The molecule has 0 aromatic heterocycles. The Labute approximate surface area is 193 Å². The van der Waals surface area contributed by atoms with Crippen LogP contribution < -0.4 is 0 Å². The smallest absolute Gasteiger partial charge is 0.142 e. The molecule has 0 bridgehead atoms.